The van der Waals surface area contributed by atoms with Crippen LogP contribution in [0.25, 0.3) is 0 Å². The first kappa shape index (κ1) is 7.35. The number of cyclic esters (lactones) is 1. The molecule has 1 atom stereocenters. The van der Waals surface area contributed by atoms with Crippen molar-refractivity contribution in [3.63, 3.8) is 0 Å². The van der Waals surface area contributed by atoms with Gasteiger partial charge in [-0.25, -0.2) is 4.79 Å². The molecule has 0 saturated carbocycles. The molecule has 0 N–H and O–H groups in total. The molecule has 0 aliphatic carbocycles. The van der Waals surface area contributed by atoms with Crippen LogP contribution in [-0.4, -0.2) is 12.1 Å². The number of hydrogen-bond donors (Lipinski definition) is 0. The normalized spacial score (nSPS) is 20.3. The first-order chi connectivity index (χ1) is 5.86. The van der Waals surface area contributed by atoms with E-state index >= 15 is 0 Å². The molecule has 2 nitrogen and oxygen atoms in total. The van der Waals surface area contributed by atoms with Crippen LogP contribution in [0.5, 0.6) is 0 Å². The largest absolute Gasteiger partial charge is 0.448 e. The van der Waals surface area contributed by atoms with Crippen LogP contribution in [-0.2, 0) is 16.0 Å². The van der Waals surface area contributed by atoms with Gasteiger partial charge in [-0.2, -0.15) is 0 Å². The molecule has 62 valence electrons. The van der Waals surface area contributed by atoms with Crippen molar-refractivity contribution < 1.29 is 9.53 Å². The van der Waals surface area contributed by atoms with E-state index in [0.717, 1.165) is 12.8 Å². The standard InChI is InChI=1S/C10H10O2/c11-10-9(12-10)7-6-8-4-2-1-3-5-8/h1-5,9H,6-7H2. The molecule has 0 bridgehead atoms. The lowest BCUT2D eigenvalue weighted by Gasteiger charge is -1.95. The van der Waals surface area contributed by atoms with Gasteiger partial charge in [0.05, 0.1) is 0 Å². The van der Waals surface area contributed by atoms with E-state index in [1.165, 1.54) is 5.56 Å². The van der Waals surface area contributed by atoms with Gasteiger partial charge in [0.25, 0.3) is 0 Å². The van der Waals surface area contributed by atoms with E-state index in [2.05, 4.69) is 12.1 Å². The molecule has 1 heterocycles. The fraction of sp³-hybridized carbons (Fsp3) is 0.300. The molecular formula is C10H10O2. The molecule has 1 aromatic rings. The van der Waals surface area contributed by atoms with E-state index in [0.29, 0.717) is 0 Å². The number of rotatable bonds is 3. The molecule has 12 heavy (non-hydrogen) atoms. The van der Waals surface area contributed by atoms with Gasteiger partial charge in [-0.05, 0) is 18.4 Å². The molecule has 0 amide bonds. The Morgan fingerprint density at radius 3 is 2.50 bits per heavy atom. The summed E-state index contributed by atoms with van der Waals surface area (Å²) in [5.41, 5.74) is 1.26. The highest BCUT2D eigenvalue weighted by atomic mass is 16.6. The van der Waals surface area contributed by atoms with Crippen molar-refractivity contribution in [1.29, 1.82) is 0 Å². The van der Waals surface area contributed by atoms with E-state index in [4.69, 9.17) is 4.74 Å². The Morgan fingerprint density at radius 2 is 1.92 bits per heavy atom. The summed E-state index contributed by atoms with van der Waals surface area (Å²) in [6.07, 6.45) is 1.64. The summed E-state index contributed by atoms with van der Waals surface area (Å²) in [6, 6.07) is 10.1. The van der Waals surface area contributed by atoms with Crippen molar-refractivity contribution in [1.82, 2.24) is 0 Å². The summed E-state index contributed by atoms with van der Waals surface area (Å²) < 4.78 is 4.70. The number of ether oxygens (including phenoxy) is 1. The highest BCUT2D eigenvalue weighted by molar-refractivity contribution is 5.87. The van der Waals surface area contributed by atoms with Crippen LogP contribution in [0.2, 0.25) is 0 Å². The Hall–Kier alpha value is -1.31. The number of carbonyl (C=O) groups is 1. The minimum atomic E-state index is -0.106. The van der Waals surface area contributed by atoms with Gasteiger partial charge in [0.15, 0.2) is 6.10 Å². The Kier molecular flexibility index (Phi) is 1.82. The summed E-state index contributed by atoms with van der Waals surface area (Å²) in [5, 5.41) is 0. The monoisotopic (exact) mass is 162 g/mol. The topological polar surface area (TPSA) is 29.6 Å². The van der Waals surface area contributed by atoms with Crippen LogP contribution in [0.1, 0.15) is 12.0 Å². The van der Waals surface area contributed by atoms with Gasteiger partial charge in [0, 0.05) is 0 Å². The summed E-state index contributed by atoms with van der Waals surface area (Å²) >= 11 is 0. The van der Waals surface area contributed by atoms with Crippen LogP contribution in [0.4, 0.5) is 0 Å². The Bertz CT molecular complexity index is 279. The zero-order valence-corrected chi connectivity index (χ0v) is 6.69. The second-order valence-corrected chi connectivity index (χ2v) is 2.95. The number of benzene rings is 1. The van der Waals surface area contributed by atoms with Gasteiger partial charge in [-0.1, -0.05) is 30.3 Å². The van der Waals surface area contributed by atoms with Gasteiger partial charge >= 0.3 is 5.97 Å². The maximum absolute atomic E-state index is 10.5. The highest BCUT2D eigenvalue weighted by Gasteiger charge is 2.36. The average Bonchev–Trinajstić information content (AvgIpc) is 2.81. The van der Waals surface area contributed by atoms with Crippen molar-refractivity contribution in [2.24, 2.45) is 0 Å². The zero-order chi connectivity index (χ0) is 8.39. The smallest absolute Gasteiger partial charge is 0.348 e. The van der Waals surface area contributed by atoms with Crippen LogP contribution in [0.15, 0.2) is 30.3 Å². The van der Waals surface area contributed by atoms with Crippen molar-refractivity contribution >= 4 is 5.97 Å². The summed E-state index contributed by atoms with van der Waals surface area (Å²) in [5.74, 6) is -0.0501. The summed E-state index contributed by atoms with van der Waals surface area (Å²) in [7, 11) is 0. The quantitative estimate of drug-likeness (QED) is 0.631. The van der Waals surface area contributed by atoms with E-state index in [1.54, 1.807) is 0 Å². The molecule has 1 saturated heterocycles. The Morgan fingerprint density at radius 1 is 1.25 bits per heavy atom. The van der Waals surface area contributed by atoms with Crippen LogP contribution >= 0.6 is 0 Å². The number of aryl methyl sites for hydroxylation is 1. The predicted octanol–water partition coefficient (Wildman–Crippen LogP) is 1.54. The predicted molar refractivity (Wildman–Crippen MR) is 44.6 cm³/mol. The summed E-state index contributed by atoms with van der Waals surface area (Å²) in [4.78, 5) is 10.5. The second kappa shape index (κ2) is 2.97. The maximum atomic E-state index is 10.5. The molecule has 0 radical (unpaired) electrons. The lowest BCUT2D eigenvalue weighted by molar-refractivity contribution is -0.117. The van der Waals surface area contributed by atoms with E-state index < -0.39 is 0 Å². The van der Waals surface area contributed by atoms with Gasteiger partial charge in [-0.15, -0.1) is 0 Å². The lowest BCUT2D eigenvalue weighted by Crippen LogP contribution is -1.91. The highest BCUT2D eigenvalue weighted by Crippen LogP contribution is 2.18. The van der Waals surface area contributed by atoms with Gasteiger partial charge in [0.1, 0.15) is 0 Å². The van der Waals surface area contributed by atoms with E-state index in [1.807, 2.05) is 18.2 Å². The first-order valence-electron chi connectivity index (χ1n) is 4.11. The zero-order valence-electron chi connectivity index (χ0n) is 6.69. The SMILES string of the molecule is O=C1OC1CCc1ccccc1. The van der Waals surface area contributed by atoms with Gasteiger partial charge in [0.2, 0.25) is 0 Å². The van der Waals surface area contributed by atoms with Crippen molar-refractivity contribution in [3.05, 3.63) is 35.9 Å². The second-order valence-electron chi connectivity index (χ2n) is 2.95. The molecule has 1 unspecified atom stereocenters. The summed E-state index contributed by atoms with van der Waals surface area (Å²) in [6.45, 7) is 0. The molecule has 1 aromatic carbocycles. The molecule has 0 aromatic heterocycles. The van der Waals surface area contributed by atoms with Crippen molar-refractivity contribution in [2.45, 2.75) is 18.9 Å². The number of hydrogen-bond acceptors (Lipinski definition) is 2. The average molecular weight is 162 g/mol. The Balaban J connectivity index is 1.84. The van der Waals surface area contributed by atoms with E-state index in [9.17, 15) is 4.79 Å². The molecule has 1 aliphatic heterocycles. The van der Waals surface area contributed by atoms with Crippen LogP contribution in [0.3, 0.4) is 0 Å². The number of epoxide rings is 1. The molecule has 2 heteroatoms. The van der Waals surface area contributed by atoms with Crippen molar-refractivity contribution in [3.8, 4) is 0 Å². The fourth-order valence-electron chi connectivity index (χ4n) is 1.23. The van der Waals surface area contributed by atoms with Gasteiger partial charge in [-0.3, -0.25) is 0 Å². The third-order valence-corrected chi connectivity index (χ3v) is 2.00. The molecule has 1 aliphatic rings. The molecular weight excluding hydrogens is 152 g/mol. The fourth-order valence-corrected chi connectivity index (χ4v) is 1.23. The number of carbonyl (C=O) groups excluding carboxylic acids is 1. The van der Waals surface area contributed by atoms with Crippen LogP contribution in [0, 0.1) is 0 Å². The van der Waals surface area contributed by atoms with Gasteiger partial charge < -0.3 is 4.74 Å². The molecule has 1 fully saturated rings. The van der Waals surface area contributed by atoms with E-state index in [-0.39, 0.29) is 12.1 Å². The third kappa shape index (κ3) is 1.64. The minimum Gasteiger partial charge on any atom is -0.448 e. The third-order valence-electron chi connectivity index (χ3n) is 2.00. The minimum absolute atomic E-state index is 0.0501. The van der Waals surface area contributed by atoms with Crippen molar-refractivity contribution in [2.75, 3.05) is 0 Å². The first-order valence-corrected chi connectivity index (χ1v) is 4.11. The van der Waals surface area contributed by atoms with Crippen LogP contribution < -0.4 is 0 Å². The molecule has 2 rings (SSSR count). The maximum Gasteiger partial charge on any atom is 0.348 e. The lowest BCUT2D eigenvalue weighted by atomic mass is 10.1. The molecule has 0 spiro atoms. The Labute approximate surface area is 71.2 Å².